The van der Waals surface area contributed by atoms with Gasteiger partial charge in [-0.1, -0.05) is 42.5 Å². The van der Waals surface area contributed by atoms with E-state index in [2.05, 4.69) is 17.1 Å². The number of nitrogens with zero attached hydrogens (tertiary/aromatic N) is 1. The molecule has 5 rings (SSSR count). The van der Waals surface area contributed by atoms with Crippen LogP contribution in [0.4, 0.5) is 0 Å². The maximum absolute atomic E-state index is 10.5. The predicted octanol–water partition coefficient (Wildman–Crippen LogP) is 5.99. The molecule has 5 heteroatoms. The Morgan fingerprint density at radius 1 is 0.903 bits per heavy atom. The van der Waals surface area contributed by atoms with Crippen LogP contribution in [-0.2, 0) is 12.8 Å². The number of para-hydroxylation sites is 3. The summed E-state index contributed by atoms with van der Waals surface area (Å²) in [6, 6.07) is 23.1. The lowest BCUT2D eigenvalue weighted by Crippen LogP contribution is -1.91. The topological polar surface area (TPSA) is 71.3 Å². The van der Waals surface area contributed by atoms with Gasteiger partial charge in [0, 0.05) is 29.1 Å². The standard InChI is InChI=1S/C26H22N2O3/c1-30-23-13-7-4-10-20(23)26-25(19-9-3-6-12-22(19)29)28-24(31-26)15-14-17-16-27-21-11-5-2-8-18(17)21/h2-13,16,27,29H,14-15H2,1H3. The van der Waals surface area contributed by atoms with Gasteiger partial charge in [0.15, 0.2) is 11.7 Å². The van der Waals surface area contributed by atoms with Gasteiger partial charge in [0.1, 0.15) is 17.2 Å². The molecule has 0 saturated heterocycles. The van der Waals surface area contributed by atoms with E-state index < -0.39 is 0 Å². The Balaban J connectivity index is 1.55. The number of aromatic hydroxyl groups is 1. The fourth-order valence-electron chi connectivity index (χ4n) is 3.92. The molecule has 0 radical (unpaired) electrons. The van der Waals surface area contributed by atoms with Gasteiger partial charge in [-0.05, 0) is 42.3 Å². The van der Waals surface area contributed by atoms with Crippen molar-refractivity contribution >= 4 is 10.9 Å². The summed E-state index contributed by atoms with van der Waals surface area (Å²) in [6.07, 6.45) is 3.46. The van der Waals surface area contributed by atoms with E-state index in [1.54, 1.807) is 19.2 Å². The number of fused-ring (bicyclic) bond motifs is 1. The van der Waals surface area contributed by atoms with Crippen LogP contribution in [0, 0.1) is 0 Å². The summed E-state index contributed by atoms with van der Waals surface area (Å²) in [5, 5.41) is 11.7. The van der Waals surface area contributed by atoms with Crippen LogP contribution in [0.2, 0.25) is 0 Å². The number of methoxy groups -OCH3 is 1. The summed E-state index contributed by atoms with van der Waals surface area (Å²) in [5.41, 5.74) is 4.38. The van der Waals surface area contributed by atoms with E-state index in [9.17, 15) is 5.11 Å². The van der Waals surface area contributed by atoms with Crippen LogP contribution in [0.5, 0.6) is 11.5 Å². The van der Waals surface area contributed by atoms with Crippen molar-refractivity contribution in [1.29, 1.82) is 0 Å². The van der Waals surface area contributed by atoms with E-state index in [4.69, 9.17) is 14.1 Å². The monoisotopic (exact) mass is 410 g/mol. The lowest BCUT2D eigenvalue weighted by Gasteiger charge is -2.08. The SMILES string of the molecule is COc1ccccc1-c1oc(CCc2c[nH]c3ccccc23)nc1-c1ccccc1O. The first-order valence-electron chi connectivity index (χ1n) is 10.2. The zero-order valence-electron chi connectivity index (χ0n) is 17.1. The number of aromatic amines is 1. The molecule has 3 aromatic carbocycles. The molecule has 5 nitrogen and oxygen atoms in total. The van der Waals surface area contributed by atoms with Gasteiger partial charge in [0.2, 0.25) is 0 Å². The van der Waals surface area contributed by atoms with Crippen LogP contribution < -0.4 is 4.74 Å². The van der Waals surface area contributed by atoms with Gasteiger partial charge in [-0.15, -0.1) is 0 Å². The second-order valence-corrected chi connectivity index (χ2v) is 7.36. The minimum Gasteiger partial charge on any atom is -0.507 e. The largest absolute Gasteiger partial charge is 0.507 e. The number of aromatic nitrogens is 2. The first-order chi connectivity index (χ1) is 15.2. The fraction of sp³-hybridized carbons (Fsp3) is 0.115. The Morgan fingerprint density at radius 3 is 2.48 bits per heavy atom. The van der Waals surface area contributed by atoms with E-state index in [0.717, 1.165) is 17.5 Å². The Morgan fingerprint density at radius 2 is 1.65 bits per heavy atom. The molecule has 154 valence electrons. The number of phenols is 1. The smallest absolute Gasteiger partial charge is 0.195 e. The molecule has 0 spiro atoms. The molecule has 0 aliphatic heterocycles. The highest BCUT2D eigenvalue weighted by Gasteiger charge is 2.21. The lowest BCUT2D eigenvalue weighted by molar-refractivity contribution is 0.413. The quantitative estimate of drug-likeness (QED) is 0.361. The van der Waals surface area contributed by atoms with Gasteiger partial charge in [-0.25, -0.2) is 4.98 Å². The highest BCUT2D eigenvalue weighted by Crippen LogP contribution is 2.40. The summed E-state index contributed by atoms with van der Waals surface area (Å²) in [7, 11) is 1.63. The van der Waals surface area contributed by atoms with Crippen molar-refractivity contribution in [2.24, 2.45) is 0 Å². The number of aryl methyl sites for hydroxylation is 2. The molecule has 0 saturated carbocycles. The Kier molecular flexibility index (Phi) is 4.92. The van der Waals surface area contributed by atoms with Gasteiger partial charge >= 0.3 is 0 Å². The maximum Gasteiger partial charge on any atom is 0.195 e. The Bertz CT molecular complexity index is 1350. The van der Waals surface area contributed by atoms with Gasteiger partial charge in [-0.3, -0.25) is 0 Å². The van der Waals surface area contributed by atoms with E-state index in [-0.39, 0.29) is 5.75 Å². The molecule has 0 unspecified atom stereocenters. The van der Waals surface area contributed by atoms with Crippen LogP contribution in [0.25, 0.3) is 33.5 Å². The summed E-state index contributed by atoms with van der Waals surface area (Å²) in [4.78, 5) is 8.09. The molecule has 2 aromatic heterocycles. The average molecular weight is 410 g/mol. The van der Waals surface area contributed by atoms with E-state index >= 15 is 0 Å². The Hall–Kier alpha value is -3.99. The number of H-pyrrole nitrogens is 1. The van der Waals surface area contributed by atoms with Gasteiger partial charge in [-0.2, -0.15) is 0 Å². The molecular weight excluding hydrogens is 388 g/mol. The van der Waals surface area contributed by atoms with Crippen molar-refractivity contribution in [3.8, 4) is 34.1 Å². The first kappa shape index (κ1) is 19.0. The van der Waals surface area contributed by atoms with Crippen molar-refractivity contribution in [1.82, 2.24) is 9.97 Å². The van der Waals surface area contributed by atoms with Crippen LogP contribution >= 0.6 is 0 Å². The third-order valence-corrected chi connectivity index (χ3v) is 5.47. The predicted molar refractivity (Wildman–Crippen MR) is 121 cm³/mol. The minimum atomic E-state index is 0.162. The number of hydrogen-bond acceptors (Lipinski definition) is 4. The first-order valence-corrected chi connectivity index (χ1v) is 10.2. The third-order valence-electron chi connectivity index (χ3n) is 5.47. The molecule has 0 bridgehead atoms. The highest BCUT2D eigenvalue weighted by atomic mass is 16.5. The van der Waals surface area contributed by atoms with Crippen molar-refractivity contribution in [3.63, 3.8) is 0 Å². The number of oxazole rings is 1. The molecule has 0 amide bonds. The molecule has 2 heterocycles. The molecule has 0 atom stereocenters. The number of rotatable bonds is 6. The number of nitrogens with one attached hydrogen (secondary N) is 1. The second kappa shape index (κ2) is 8.03. The number of ether oxygens (including phenoxy) is 1. The molecule has 31 heavy (non-hydrogen) atoms. The van der Waals surface area contributed by atoms with E-state index in [0.29, 0.717) is 35.1 Å². The summed E-state index contributed by atoms with van der Waals surface area (Å²) in [5.74, 6) is 2.06. The van der Waals surface area contributed by atoms with Crippen LogP contribution in [0.1, 0.15) is 11.5 Å². The van der Waals surface area contributed by atoms with Crippen molar-refractivity contribution < 1.29 is 14.3 Å². The molecule has 0 fully saturated rings. The zero-order valence-corrected chi connectivity index (χ0v) is 17.1. The minimum absolute atomic E-state index is 0.162. The highest BCUT2D eigenvalue weighted by molar-refractivity contribution is 5.84. The van der Waals surface area contributed by atoms with Gasteiger partial charge < -0.3 is 19.2 Å². The number of benzene rings is 3. The number of phenolic OH excluding ortho intramolecular Hbond substituents is 1. The van der Waals surface area contributed by atoms with Crippen molar-refractivity contribution in [2.45, 2.75) is 12.8 Å². The summed E-state index contributed by atoms with van der Waals surface area (Å²) in [6.45, 7) is 0. The zero-order chi connectivity index (χ0) is 21.2. The van der Waals surface area contributed by atoms with E-state index in [1.165, 1.54) is 10.9 Å². The fourth-order valence-corrected chi connectivity index (χ4v) is 3.92. The molecule has 0 aliphatic rings. The van der Waals surface area contributed by atoms with E-state index in [1.807, 2.05) is 54.7 Å². The third kappa shape index (κ3) is 3.55. The normalized spacial score (nSPS) is 11.1. The average Bonchev–Trinajstić information content (AvgIpc) is 3.42. The van der Waals surface area contributed by atoms with Gasteiger partial charge in [0.05, 0.1) is 12.7 Å². The molecule has 2 N–H and O–H groups in total. The van der Waals surface area contributed by atoms with Crippen molar-refractivity contribution in [3.05, 3.63) is 90.4 Å². The van der Waals surface area contributed by atoms with Gasteiger partial charge in [0.25, 0.3) is 0 Å². The van der Waals surface area contributed by atoms with Crippen LogP contribution in [0.15, 0.2) is 83.4 Å². The van der Waals surface area contributed by atoms with Crippen molar-refractivity contribution in [2.75, 3.05) is 7.11 Å². The second-order valence-electron chi connectivity index (χ2n) is 7.36. The van der Waals surface area contributed by atoms with Crippen LogP contribution in [0.3, 0.4) is 0 Å². The molecular formula is C26H22N2O3. The lowest BCUT2D eigenvalue weighted by atomic mass is 10.0. The maximum atomic E-state index is 10.5. The number of hydrogen-bond donors (Lipinski definition) is 2. The summed E-state index contributed by atoms with van der Waals surface area (Å²) < 4.78 is 11.8. The summed E-state index contributed by atoms with van der Waals surface area (Å²) >= 11 is 0. The van der Waals surface area contributed by atoms with Crippen LogP contribution in [-0.4, -0.2) is 22.2 Å². The molecule has 5 aromatic rings. The Labute approximate surface area is 180 Å². The molecule has 0 aliphatic carbocycles.